The number of hydrogen-bond acceptors (Lipinski definition) is 1. The Labute approximate surface area is 116 Å². The summed E-state index contributed by atoms with van der Waals surface area (Å²) in [6, 6.07) is 9.41. The van der Waals surface area contributed by atoms with Crippen molar-refractivity contribution in [3.8, 4) is 0 Å². The van der Waals surface area contributed by atoms with Gasteiger partial charge in [0.05, 0.1) is 0 Å². The Kier molecular flexibility index (Phi) is 4.69. The summed E-state index contributed by atoms with van der Waals surface area (Å²) in [7, 11) is 0. The zero-order valence-electron chi connectivity index (χ0n) is 11.6. The lowest BCUT2D eigenvalue weighted by Crippen LogP contribution is -2.33. The molecule has 0 heterocycles. The van der Waals surface area contributed by atoms with Crippen LogP contribution in [-0.4, -0.2) is 6.04 Å². The van der Waals surface area contributed by atoms with Gasteiger partial charge in [-0.1, -0.05) is 44.5 Å². The van der Waals surface area contributed by atoms with E-state index in [1.165, 1.54) is 24.8 Å². The molecule has 1 saturated carbocycles. The van der Waals surface area contributed by atoms with Crippen LogP contribution in [0.2, 0.25) is 5.02 Å². The van der Waals surface area contributed by atoms with Crippen LogP contribution in [0.3, 0.4) is 0 Å². The van der Waals surface area contributed by atoms with Gasteiger partial charge in [-0.05, 0) is 48.8 Å². The van der Waals surface area contributed by atoms with Crippen LogP contribution in [0.1, 0.15) is 51.6 Å². The van der Waals surface area contributed by atoms with Gasteiger partial charge in [-0.15, -0.1) is 0 Å². The molecule has 1 aliphatic carbocycles. The van der Waals surface area contributed by atoms with Crippen LogP contribution in [0.25, 0.3) is 0 Å². The highest BCUT2D eigenvalue weighted by Crippen LogP contribution is 2.30. The van der Waals surface area contributed by atoms with Crippen molar-refractivity contribution in [2.75, 3.05) is 0 Å². The fourth-order valence-electron chi connectivity index (χ4n) is 2.96. The molecule has 1 nitrogen and oxygen atoms in total. The standard InChI is InChI=1S/C16H24ClN/c1-11(2)16(13-5-7-14(17)8-6-13)18-15-9-4-12(3)10-15/h5-8,11-12,15-16,18H,4,9-10H2,1-3H3. The molecule has 0 radical (unpaired) electrons. The van der Waals surface area contributed by atoms with E-state index in [1.807, 2.05) is 12.1 Å². The summed E-state index contributed by atoms with van der Waals surface area (Å²) in [6.07, 6.45) is 4.00. The predicted octanol–water partition coefficient (Wildman–Crippen LogP) is 4.82. The van der Waals surface area contributed by atoms with Crippen molar-refractivity contribution >= 4 is 11.6 Å². The van der Waals surface area contributed by atoms with E-state index in [0.29, 0.717) is 18.0 Å². The molecule has 0 saturated heterocycles. The van der Waals surface area contributed by atoms with Gasteiger partial charge in [0.25, 0.3) is 0 Å². The van der Waals surface area contributed by atoms with Gasteiger partial charge in [0.2, 0.25) is 0 Å². The molecule has 0 amide bonds. The van der Waals surface area contributed by atoms with Crippen molar-refractivity contribution in [3.63, 3.8) is 0 Å². The molecular weight excluding hydrogens is 242 g/mol. The van der Waals surface area contributed by atoms with Gasteiger partial charge >= 0.3 is 0 Å². The Balaban J connectivity index is 2.06. The summed E-state index contributed by atoms with van der Waals surface area (Å²) in [5.41, 5.74) is 1.36. The number of hydrogen-bond donors (Lipinski definition) is 1. The molecule has 2 rings (SSSR count). The Morgan fingerprint density at radius 1 is 1.17 bits per heavy atom. The van der Waals surface area contributed by atoms with E-state index in [-0.39, 0.29) is 0 Å². The van der Waals surface area contributed by atoms with Gasteiger partial charge in [-0.25, -0.2) is 0 Å². The molecule has 1 aliphatic rings. The van der Waals surface area contributed by atoms with E-state index >= 15 is 0 Å². The molecule has 0 bridgehead atoms. The molecule has 1 fully saturated rings. The van der Waals surface area contributed by atoms with E-state index in [4.69, 9.17) is 11.6 Å². The number of nitrogens with one attached hydrogen (secondary N) is 1. The Hall–Kier alpha value is -0.530. The van der Waals surface area contributed by atoms with E-state index in [0.717, 1.165) is 10.9 Å². The third-order valence-corrected chi connectivity index (χ3v) is 4.26. The first-order valence-electron chi connectivity index (χ1n) is 7.07. The van der Waals surface area contributed by atoms with Gasteiger partial charge < -0.3 is 5.32 Å². The monoisotopic (exact) mass is 265 g/mol. The van der Waals surface area contributed by atoms with E-state index < -0.39 is 0 Å². The highest BCUT2D eigenvalue weighted by molar-refractivity contribution is 6.30. The molecule has 2 heteroatoms. The van der Waals surface area contributed by atoms with Crippen LogP contribution in [0.4, 0.5) is 0 Å². The van der Waals surface area contributed by atoms with Crippen molar-refractivity contribution in [1.82, 2.24) is 5.32 Å². The van der Waals surface area contributed by atoms with Gasteiger partial charge in [0.15, 0.2) is 0 Å². The van der Waals surface area contributed by atoms with Gasteiger partial charge in [-0.2, -0.15) is 0 Å². The smallest absolute Gasteiger partial charge is 0.0406 e. The SMILES string of the molecule is CC1CCC(NC(c2ccc(Cl)cc2)C(C)C)C1. The minimum atomic E-state index is 0.442. The number of benzene rings is 1. The summed E-state index contributed by atoms with van der Waals surface area (Å²) in [6.45, 7) is 6.92. The first-order valence-corrected chi connectivity index (χ1v) is 7.45. The zero-order chi connectivity index (χ0) is 13.1. The minimum Gasteiger partial charge on any atom is -0.307 e. The Morgan fingerprint density at radius 2 is 1.83 bits per heavy atom. The molecule has 1 aromatic carbocycles. The van der Waals surface area contributed by atoms with Crippen LogP contribution in [0.5, 0.6) is 0 Å². The fourth-order valence-corrected chi connectivity index (χ4v) is 3.08. The van der Waals surface area contributed by atoms with Crippen LogP contribution in [0, 0.1) is 11.8 Å². The molecule has 0 spiro atoms. The van der Waals surface area contributed by atoms with Crippen molar-refractivity contribution in [3.05, 3.63) is 34.9 Å². The summed E-state index contributed by atoms with van der Waals surface area (Å²) in [5.74, 6) is 1.47. The lowest BCUT2D eigenvalue weighted by atomic mass is 9.95. The van der Waals surface area contributed by atoms with Crippen molar-refractivity contribution in [2.45, 2.75) is 52.1 Å². The maximum Gasteiger partial charge on any atom is 0.0406 e. The summed E-state index contributed by atoms with van der Waals surface area (Å²) in [4.78, 5) is 0. The second kappa shape index (κ2) is 6.08. The second-order valence-corrected chi connectivity index (χ2v) is 6.49. The summed E-state index contributed by atoms with van der Waals surface area (Å²) in [5, 5.41) is 4.65. The maximum absolute atomic E-state index is 5.96. The van der Waals surface area contributed by atoms with E-state index in [9.17, 15) is 0 Å². The number of rotatable bonds is 4. The molecular formula is C16H24ClN. The lowest BCUT2D eigenvalue weighted by Gasteiger charge is -2.27. The normalized spacial score (nSPS) is 25.6. The Bertz CT molecular complexity index is 371. The topological polar surface area (TPSA) is 12.0 Å². The third kappa shape index (κ3) is 3.49. The van der Waals surface area contributed by atoms with Crippen molar-refractivity contribution in [1.29, 1.82) is 0 Å². The quantitative estimate of drug-likeness (QED) is 0.823. The second-order valence-electron chi connectivity index (χ2n) is 6.06. The first-order chi connectivity index (χ1) is 8.56. The van der Waals surface area contributed by atoms with Crippen LogP contribution < -0.4 is 5.32 Å². The molecule has 3 atom stereocenters. The predicted molar refractivity (Wildman–Crippen MR) is 79.0 cm³/mol. The van der Waals surface area contributed by atoms with Crippen LogP contribution in [-0.2, 0) is 0 Å². The largest absolute Gasteiger partial charge is 0.307 e. The maximum atomic E-state index is 5.96. The minimum absolute atomic E-state index is 0.442. The average Bonchev–Trinajstić information content (AvgIpc) is 2.73. The molecule has 1 aromatic rings. The summed E-state index contributed by atoms with van der Waals surface area (Å²) < 4.78 is 0. The highest BCUT2D eigenvalue weighted by Gasteiger charge is 2.25. The number of halogens is 1. The van der Waals surface area contributed by atoms with E-state index in [2.05, 4.69) is 38.2 Å². The van der Waals surface area contributed by atoms with E-state index in [1.54, 1.807) is 0 Å². The molecule has 100 valence electrons. The molecule has 1 N–H and O–H groups in total. The summed E-state index contributed by atoms with van der Waals surface area (Å²) >= 11 is 5.96. The average molecular weight is 266 g/mol. The van der Waals surface area contributed by atoms with Gasteiger partial charge in [0.1, 0.15) is 0 Å². The Morgan fingerprint density at radius 3 is 2.33 bits per heavy atom. The zero-order valence-corrected chi connectivity index (χ0v) is 12.4. The third-order valence-electron chi connectivity index (χ3n) is 4.01. The van der Waals surface area contributed by atoms with Crippen LogP contribution >= 0.6 is 11.6 Å². The molecule has 18 heavy (non-hydrogen) atoms. The molecule has 0 aromatic heterocycles. The van der Waals surface area contributed by atoms with Gasteiger partial charge in [0, 0.05) is 17.1 Å². The van der Waals surface area contributed by atoms with Crippen molar-refractivity contribution in [2.24, 2.45) is 11.8 Å². The molecule has 3 unspecified atom stereocenters. The fraction of sp³-hybridized carbons (Fsp3) is 0.625. The van der Waals surface area contributed by atoms with Crippen molar-refractivity contribution < 1.29 is 0 Å². The van der Waals surface area contributed by atoms with Gasteiger partial charge in [-0.3, -0.25) is 0 Å². The van der Waals surface area contributed by atoms with Crippen LogP contribution in [0.15, 0.2) is 24.3 Å². The first kappa shape index (κ1) is 13.9. The highest BCUT2D eigenvalue weighted by atomic mass is 35.5. The lowest BCUT2D eigenvalue weighted by molar-refractivity contribution is 0.356. The molecule has 0 aliphatic heterocycles.